The van der Waals surface area contributed by atoms with Crippen molar-refractivity contribution >= 4 is 11.9 Å². The molecule has 0 saturated carbocycles. The maximum Gasteiger partial charge on any atom is 0.331 e. The average Bonchev–Trinajstić information content (AvgIpc) is 2.57. The third-order valence-electron chi connectivity index (χ3n) is 3.56. The molecular weight excluding hydrogens is 298 g/mol. The zero-order valence-electron chi connectivity index (χ0n) is 14.1. The van der Waals surface area contributed by atoms with E-state index in [0.29, 0.717) is 13.2 Å². The van der Waals surface area contributed by atoms with Crippen molar-refractivity contribution in [2.75, 3.05) is 46.1 Å². The fraction of sp³-hybridized carbons (Fsp3) is 0.765. The van der Waals surface area contributed by atoms with Crippen molar-refractivity contribution in [3.8, 4) is 0 Å². The van der Waals surface area contributed by atoms with Crippen LogP contribution in [0.25, 0.3) is 0 Å². The van der Waals surface area contributed by atoms with Crippen LogP contribution in [0, 0.1) is 0 Å². The molecule has 6 heteroatoms. The van der Waals surface area contributed by atoms with E-state index >= 15 is 0 Å². The number of nitrogens with zero attached hydrogens (tertiary/aromatic N) is 1. The minimum absolute atomic E-state index is 0.374. The standard InChI is InChI=1S/C17H29NO5/c1-2-3-5-12-22-16(19)7-8-17(20)23-13-6-4-9-18-10-14-21-15-11-18/h7-8H,2-6,9-15H2,1H3. The number of morpholine rings is 1. The van der Waals surface area contributed by atoms with Gasteiger partial charge in [-0.1, -0.05) is 19.8 Å². The van der Waals surface area contributed by atoms with Gasteiger partial charge in [-0.05, 0) is 25.8 Å². The average molecular weight is 327 g/mol. The van der Waals surface area contributed by atoms with Crippen LogP contribution >= 0.6 is 0 Å². The fourth-order valence-corrected chi connectivity index (χ4v) is 2.19. The second-order valence-electron chi connectivity index (χ2n) is 5.54. The van der Waals surface area contributed by atoms with E-state index in [0.717, 1.165) is 77.1 Å². The normalized spacial score (nSPS) is 15.7. The van der Waals surface area contributed by atoms with Crippen molar-refractivity contribution < 1.29 is 23.8 Å². The highest BCUT2D eigenvalue weighted by Gasteiger charge is 2.09. The van der Waals surface area contributed by atoms with Crippen LogP contribution < -0.4 is 0 Å². The van der Waals surface area contributed by atoms with Gasteiger partial charge in [0.05, 0.1) is 26.4 Å². The first-order valence-corrected chi connectivity index (χ1v) is 8.54. The van der Waals surface area contributed by atoms with Gasteiger partial charge < -0.3 is 14.2 Å². The Morgan fingerprint density at radius 2 is 1.52 bits per heavy atom. The fourth-order valence-electron chi connectivity index (χ4n) is 2.19. The Hall–Kier alpha value is -1.40. The molecule has 0 aromatic rings. The molecule has 1 heterocycles. The molecule has 1 aliphatic heterocycles. The van der Waals surface area contributed by atoms with E-state index in [9.17, 15) is 9.59 Å². The molecule has 0 bridgehead atoms. The summed E-state index contributed by atoms with van der Waals surface area (Å²) < 4.78 is 15.3. The lowest BCUT2D eigenvalue weighted by molar-refractivity contribution is -0.140. The third kappa shape index (κ3) is 10.9. The molecule has 0 amide bonds. The molecule has 0 unspecified atom stereocenters. The number of carbonyl (C=O) groups excluding carboxylic acids is 2. The number of carbonyl (C=O) groups is 2. The van der Waals surface area contributed by atoms with E-state index in [1.54, 1.807) is 0 Å². The highest BCUT2D eigenvalue weighted by molar-refractivity contribution is 5.91. The highest BCUT2D eigenvalue weighted by atomic mass is 16.5. The lowest BCUT2D eigenvalue weighted by Gasteiger charge is -2.26. The highest BCUT2D eigenvalue weighted by Crippen LogP contribution is 2.00. The summed E-state index contributed by atoms with van der Waals surface area (Å²) in [5.74, 6) is -0.993. The molecule has 1 aliphatic rings. The van der Waals surface area contributed by atoms with Crippen LogP contribution in [0.5, 0.6) is 0 Å². The Morgan fingerprint density at radius 1 is 0.957 bits per heavy atom. The second-order valence-corrected chi connectivity index (χ2v) is 5.54. The summed E-state index contributed by atoms with van der Waals surface area (Å²) in [6, 6.07) is 0. The minimum atomic E-state index is -0.498. The number of hydrogen-bond donors (Lipinski definition) is 0. The van der Waals surface area contributed by atoms with Gasteiger partial charge in [0.15, 0.2) is 0 Å². The van der Waals surface area contributed by atoms with Gasteiger partial charge in [-0.15, -0.1) is 0 Å². The maximum atomic E-state index is 11.4. The van der Waals surface area contributed by atoms with Gasteiger partial charge in [-0.3, -0.25) is 4.90 Å². The predicted octanol–water partition coefficient (Wildman–Crippen LogP) is 1.93. The summed E-state index contributed by atoms with van der Waals surface area (Å²) in [6.07, 6.45) is 7.01. The maximum absolute atomic E-state index is 11.4. The molecule has 23 heavy (non-hydrogen) atoms. The molecule has 0 N–H and O–H groups in total. The van der Waals surface area contributed by atoms with Crippen molar-refractivity contribution in [1.82, 2.24) is 4.90 Å². The Bertz CT molecular complexity index is 364. The van der Waals surface area contributed by atoms with Crippen LogP contribution in [0.15, 0.2) is 12.2 Å². The van der Waals surface area contributed by atoms with Gasteiger partial charge in [0.1, 0.15) is 0 Å². The first-order chi connectivity index (χ1) is 11.2. The van der Waals surface area contributed by atoms with Crippen molar-refractivity contribution in [2.45, 2.75) is 39.0 Å². The Balaban J connectivity index is 1.98. The van der Waals surface area contributed by atoms with E-state index in [-0.39, 0.29) is 0 Å². The van der Waals surface area contributed by atoms with Crippen molar-refractivity contribution in [3.05, 3.63) is 12.2 Å². The van der Waals surface area contributed by atoms with Crippen LogP contribution in [0.1, 0.15) is 39.0 Å². The van der Waals surface area contributed by atoms with Gasteiger partial charge in [-0.2, -0.15) is 0 Å². The molecule has 0 spiro atoms. The Kier molecular flexibility index (Phi) is 11.2. The monoisotopic (exact) mass is 327 g/mol. The van der Waals surface area contributed by atoms with Crippen LogP contribution in [-0.4, -0.2) is 62.9 Å². The van der Waals surface area contributed by atoms with Gasteiger partial charge >= 0.3 is 11.9 Å². The number of esters is 2. The first-order valence-electron chi connectivity index (χ1n) is 8.54. The van der Waals surface area contributed by atoms with Gasteiger partial charge in [0.2, 0.25) is 0 Å². The minimum Gasteiger partial charge on any atom is -0.463 e. The molecule has 0 aliphatic carbocycles. The zero-order chi connectivity index (χ0) is 16.8. The summed E-state index contributed by atoms with van der Waals surface area (Å²) in [6.45, 7) is 7.40. The summed E-state index contributed by atoms with van der Waals surface area (Å²) in [4.78, 5) is 25.1. The lowest BCUT2D eigenvalue weighted by atomic mass is 10.3. The van der Waals surface area contributed by atoms with Crippen molar-refractivity contribution in [2.24, 2.45) is 0 Å². The van der Waals surface area contributed by atoms with Crippen LogP contribution in [-0.2, 0) is 23.8 Å². The SMILES string of the molecule is CCCCCOC(=O)C=CC(=O)OCCCCN1CCOCC1. The third-order valence-corrected chi connectivity index (χ3v) is 3.56. The summed E-state index contributed by atoms with van der Waals surface area (Å²) in [7, 11) is 0. The second kappa shape index (κ2) is 13.1. The van der Waals surface area contributed by atoms with Gasteiger partial charge in [-0.25, -0.2) is 9.59 Å². The molecule has 0 aromatic carbocycles. The summed E-state index contributed by atoms with van der Waals surface area (Å²) in [5, 5.41) is 0. The van der Waals surface area contributed by atoms with Crippen LogP contribution in [0.3, 0.4) is 0 Å². The smallest absolute Gasteiger partial charge is 0.331 e. The van der Waals surface area contributed by atoms with E-state index < -0.39 is 11.9 Å². The Labute approximate surface area is 138 Å². The molecule has 0 radical (unpaired) electrons. The number of unbranched alkanes of at least 4 members (excludes halogenated alkanes) is 3. The van der Waals surface area contributed by atoms with Gasteiger partial charge in [0.25, 0.3) is 0 Å². The molecule has 132 valence electrons. The molecule has 1 rings (SSSR count). The number of hydrogen-bond acceptors (Lipinski definition) is 6. The molecule has 0 aromatic heterocycles. The van der Waals surface area contributed by atoms with Crippen LogP contribution in [0.4, 0.5) is 0 Å². The van der Waals surface area contributed by atoms with E-state index in [2.05, 4.69) is 11.8 Å². The van der Waals surface area contributed by atoms with Crippen molar-refractivity contribution in [3.63, 3.8) is 0 Å². The van der Waals surface area contributed by atoms with E-state index in [4.69, 9.17) is 14.2 Å². The summed E-state index contributed by atoms with van der Waals surface area (Å²) in [5.41, 5.74) is 0. The number of ether oxygens (including phenoxy) is 3. The quantitative estimate of drug-likeness (QED) is 0.328. The van der Waals surface area contributed by atoms with Crippen LogP contribution in [0.2, 0.25) is 0 Å². The van der Waals surface area contributed by atoms with E-state index in [1.807, 2.05) is 0 Å². The van der Waals surface area contributed by atoms with E-state index in [1.165, 1.54) is 0 Å². The molecular formula is C17H29NO5. The zero-order valence-corrected chi connectivity index (χ0v) is 14.1. The molecule has 1 saturated heterocycles. The largest absolute Gasteiger partial charge is 0.463 e. The van der Waals surface area contributed by atoms with Gasteiger partial charge in [0, 0.05) is 25.2 Å². The predicted molar refractivity (Wildman–Crippen MR) is 87.1 cm³/mol. The van der Waals surface area contributed by atoms with Crippen molar-refractivity contribution in [1.29, 1.82) is 0 Å². The summed E-state index contributed by atoms with van der Waals surface area (Å²) >= 11 is 0. The topological polar surface area (TPSA) is 65.1 Å². The lowest BCUT2D eigenvalue weighted by Crippen LogP contribution is -2.36. The molecule has 1 fully saturated rings. The first kappa shape index (κ1) is 19.6. The number of rotatable bonds is 11. The molecule has 0 atom stereocenters. The Morgan fingerprint density at radius 3 is 2.09 bits per heavy atom. The molecule has 6 nitrogen and oxygen atoms in total.